The average Bonchev–Trinajstić information content (AvgIpc) is 2.62. The Bertz CT molecular complexity index is 887. The highest BCUT2D eigenvalue weighted by Gasteiger charge is 2.30. The van der Waals surface area contributed by atoms with Crippen molar-refractivity contribution < 1.29 is 23.5 Å². The minimum absolute atomic E-state index is 0.204. The Morgan fingerprint density at radius 3 is 2.78 bits per heavy atom. The zero-order valence-electron chi connectivity index (χ0n) is 14.6. The van der Waals surface area contributed by atoms with Crippen molar-refractivity contribution in [2.24, 2.45) is 0 Å². The molecule has 0 radical (unpaired) electrons. The molecule has 2 aromatic rings. The molecule has 0 fully saturated rings. The number of amides is 3. The normalized spacial score (nSPS) is 15.2. The summed E-state index contributed by atoms with van der Waals surface area (Å²) in [5, 5.41) is 5.19. The molecule has 1 atom stereocenters. The lowest BCUT2D eigenvalue weighted by Gasteiger charge is -2.26. The van der Waals surface area contributed by atoms with Crippen molar-refractivity contribution in [3.8, 4) is 5.75 Å². The smallest absolute Gasteiger partial charge is 0.266 e. The van der Waals surface area contributed by atoms with Crippen molar-refractivity contribution in [3.05, 3.63) is 54.3 Å². The van der Waals surface area contributed by atoms with E-state index in [-0.39, 0.29) is 13.0 Å². The zero-order chi connectivity index (χ0) is 19.4. The van der Waals surface area contributed by atoms with E-state index in [4.69, 9.17) is 4.74 Å². The predicted octanol–water partition coefficient (Wildman–Crippen LogP) is 2.01. The van der Waals surface area contributed by atoms with Crippen molar-refractivity contribution in [1.29, 1.82) is 0 Å². The number of fused-ring (bicyclic) bond motifs is 1. The number of anilines is 2. The number of para-hydroxylation sites is 2. The van der Waals surface area contributed by atoms with E-state index in [1.807, 2.05) is 0 Å². The lowest BCUT2D eigenvalue weighted by molar-refractivity contribution is -0.137. The lowest BCUT2D eigenvalue weighted by atomic mass is 10.1. The van der Waals surface area contributed by atoms with Crippen molar-refractivity contribution in [1.82, 2.24) is 4.90 Å². The Balaban J connectivity index is 1.54. The highest BCUT2D eigenvalue weighted by Crippen LogP contribution is 2.29. The first-order chi connectivity index (χ1) is 12.9. The van der Waals surface area contributed by atoms with Gasteiger partial charge in [0.1, 0.15) is 11.6 Å². The topological polar surface area (TPSA) is 87.7 Å². The first-order valence-corrected chi connectivity index (χ1v) is 8.28. The monoisotopic (exact) mass is 371 g/mol. The molecule has 2 N–H and O–H groups in total. The quantitative estimate of drug-likeness (QED) is 0.842. The first kappa shape index (κ1) is 18.4. The Morgan fingerprint density at radius 2 is 2.00 bits per heavy atom. The summed E-state index contributed by atoms with van der Waals surface area (Å²) in [7, 11) is 1.45. The molecule has 2 aromatic carbocycles. The molecule has 8 heteroatoms. The third-order valence-corrected chi connectivity index (χ3v) is 3.98. The molecule has 3 amide bonds. The van der Waals surface area contributed by atoms with Crippen LogP contribution in [0.4, 0.5) is 15.8 Å². The Morgan fingerprint density at radius 1 is 1.22 bits per heavy atom. The van der Waals surface area contributed by atoms with Gasteiger partial charge >= 0.3 is 0 Å². The molecule has 27 heavy (non-hydrogen) atoms. The van der Waals surface area contributed by atoms with E-state index in [1.54, 1.807) is 30.3 Å². The summed E-state index contributed by atoms with van der Waals surface area (Å²) >= 11 is 0. The summed E-state index contributed by atoms with van der Waals surface area (Å²) in [4.78, 5) is 37.6. The van der Waals surface area contributed by atoms with Gasteiger partial charge in [-0.05, 0) is 30.3 Å². The second kappa shape index (κ2) is 7.86. The molecule has 140 valence electrons. The van der Waals surface area contributed by atoms with Gasteiger partial charge in [-0.25, -0.2) is 4.39 Å². The SMILES string of the molecule is CN(CC(=O)Nc1cccc(F)c1)C(=O)C[C@H]1Oc2ccccc2NC1=O. The summed E-state index contributed by atoms with van der Waals surface area (Å²) in [5.74, 6) is -1.31. The number of ether oxygens (including phenoxy) is 1. The van der Waals surface area contributed by atoms with Crippen LogP contribution in [0, 0.1) is 5.82 Å². The van der Waals surface area contributed by atoms with Gasteiger partial charge < -0.3 is 20.3 Å². The third-order valence-electron chi connectivity index (χ3n) is 3.98. The molecule has 1 aliphatic rings. The standard InChI is InChI=1S/C19H18FN3O4/c1-23(11-17(24)21-13-6-4-5-12(20)9-13)18(25)10-16-19(26)22-14-7-2-3-8-15(14)27-16/h2-9,16H,10-11H2,1H3,(H,21,24)(H,22,26)/t16-/m1/s1. The summed E-state index contributed by atoms with van der Waals surface area (Å²) in [6.45, 7) is -0.236. The van der Waals surface area contributed by atoms with Crippen LogP contribution in [0.3, 0.4) is 0 Å². The molecule has 3 rings (SSSR count). The maximum Gasteiger partial charge on any atom is 0.266 e. The molecule has 0 bridgehead atoms. The minimum Gasteiger partial charge on any atom is -0.478 e. The van der Waals surface area contributed by atoms with Crippen LogP contribution in [-0.4, -0.2) is 42.3 Å². The van der Waals surface area contributed by atoms with Gasteiger partial charge in [0.2, 0.25) is 11.8 Å². The largest absolute Gasteiger partial charge is 0.478 e. The fourth-order valence-corrected chi connectivity index (χ4v) is 2.61. The van der Waals surface area contributed by atoms with Gasteiger partial charge in [0, 0.05) is 12.7 Å². The van der Waals surface area contributed by atoms with E-state index in [0.29, 0.717) is 17.1 Å². The molecular weight excluding hydrogens is 353 g/mol. The summed E-state index contributed by atoms with van der Waals surface area (Å²) in [6, 6.07) is 12.4. The fourth-order valence-electron chi connectivity index (χ4n) is 2.61. The number of rotatable bonds is 5. The molecular formula is C19H18FN3O4. The van der Waals surface area contributed by atoms with Crippen LogP contribution in [0.1, 0.15) is 6.42 Å². The summed E-state index contributed by atoms with van der Waals surface area (Å²) in [6.07, 6.45) is -1.18. The van der Waals surface area contributed by atoms with Gasteiger partial charge in [0.25, 0.3) is 5.91 Å². The van der Waals surface area contributed by atoms with Gasteiger partial charge in [-0.15, -0.1) is 0 Å². The van der Waals surface area contributed by atoms with Crippen LogP contribution in [0.5, 0.6) is 5.75 Å². The molecule has 0 aliphatic carbocycles. The van der Waals surface area contributed by atoms with Crippen molar-refractivity contribution in [2.45, 2.75) is 12.5 Å². The molecule has 0 saturated carbocycles. The summed E-state index contributed by atoms with van der Waals surface area (Å²) in [5.41, 5.74) is 0.849. The van der Waals surface area contributed by atoms with Crippen molar-refractivity contribution in [2.75, 3.05) is 24.2 Å². The number of nitrogens with one attached hydrogen (secondary N) is 2. The molecule has 0 aromatic heterocycles. The van der Waals surface area contributed by atoms with Crippen LogP contribution >= 0.6 is 0 Å². The lowest BCUT2D eigenvalue weighted by Crippen LogP contribution is -2.43. The molecule has 0 saturated heterocycles. The Hall–Kier alpha value is -3.42. The van der Waals surface area contributed by atoms with Crippen LogP contribution in [0.2, 0.25) is 0 Å². The van der Waals surface area contributed by atoms with Gasteiger partial charge in [0.15, 0.2) is 6.10 Å². The number of hydrogen-bond acceptors (Lipinski definition) is 4. The van der Waals surface area contributed by atoms with E-state index < -0.39 is 29.6 Å². The number of nitrogens with zero attached hydrogens (tertiary/aromatic N) is 1. The number of likely N-dealkylation sites (N-methyl/N-ethyl adjacent to an activating group) is 1. The second-order valence-electron chi connectivity index (χ2n) is 6.10. The molecule has 0 unspecified atom stereocenters. The van der Waals surface area contributed by atoms with Gasteiger partial charge in [0.05, 0.1) is 18.7 Å². The minimum atomic E-state index is -0.971. The van der Waals surface area contributed by atoms with Crippen molar-refractivity contribution in [3.63, 3.8) is 0 Å². The number of carbonyl (C=O) groups excluding carboxylic acids is 3. The second-order valence-corrected chi connectivity index (χ2v) is 6.10. The maximum absolute atomic E-state index is 13.1. The van der Waals surface area contributed by atoms with Crippen LogP contribution < -0.4 is 15.4 Å². The Kier molecular flexibility index (Phi) is 5.35. The number of carbonyl (C=O) groups is 3. The number of benzene rings is 2. The third kappa shape index (κ3) is 4.60. The fraction of sp³-hybridized carbons (Fsp3) is 0.211. The highest BCUT2D eigenvalue weighted by atomic mass is 19.1. The van der Waals surface area contributed by atoms with Gasteiger partial charge in [-0.1, -0.05) is 18.2 Å². The van der Waals surface area contributed by atoms with Crippen LogP contribution in [0.15, 0.2) is 48.5 Å². The molecule has 0 spiro atoms. The average molecular weight is 371 g/mol. The van der Waals surface area contributed by atoms with Crippen LogP contribution in [-0.2, 0) is 14.4 Å². The van der Waals surface area contributed by atoms with E-state index >= 15 is 0 Å². The van der Waals surface area contributed by atoms with Gasteiger partial charge in [-0.3, -0.25) is 14.4 Å². The molecule has 1 aliphatic heterocycles. The number of halogens is 1. The summed E-state index contributed by atoms with van der Waals surface area (Å²) < 4.78 is 18.7. The maximum atomic E-state index is 13.1. The van der Waals surface area contributed by atoms with Crippen LogP contribution in [0.25, 0.3) is 0 Å². The van der Waals surface area contributed by atoms with Gasteiger partial charge in [-0.2, -0.15) is 0 Å². The predicted molar refractivity (Wildman–Crippen MR) is 96.8 cm³/mol. The zero-order valence-corrected chi connectivity index (χ0v) is 14.6. The van der Waals surface area contributed by atoms with E-state index in [9.17, 15) is 18.8 Å². The molecule has 1 heterocycles. The first-order valence-electron chi connectivity index (χ1n) is 8.28. The number of hydrogen-bond donors (Lipinski definition) is 2. The van der Waals surface area contributed by atoms with E-state index in [0.717, 1.165) is 0 Å². The van der Waals surface area contributed by atoms with Crippen molar-refractivity contribution >= 4 is 29.1 Å². The van der Waals surface area contributed by atoms with E-state index in [2.05, 4.69) is 10.6 Å². The van der Waals surface area contributed by atoms with E-state index in [1.165, 1.54) is 30.1 Å². The Labute approximate surface area is 155 Å². The molecule has 7 nitrogen and oxygen atoms in total. The highest BCUT2D eigenvalue weighted by molar-refractivity contribution is 6.00.